The predicted molar refractivity (Wildman–Crippen MR) is 161 cm³/mol. The highest BCUT2D eigenvalue weighted by Gasteiger charge is 2.34. The zero-order chi connectivity index (χ0) is 30.7. The zero-order valence-corrected chi connectivity index (χ0v) is 25.5. The summed E-state index contributed by atoms with van der Waals surface area (Å²) in [5.41, 5.74) is 0.965. The van der Waals surface area contributed by atoms with E-state index in [1.165, 1.54) is 37.3 Å². The smallest absolute Gasteiger partial charge is 0.264 e. The van der Waals surface area contributed by atoms with Crippen LogP contribution in [-0.4, -0.2) is 65.6 Å². The molecule has 1 atom stereocenters. The van der Waals surface area contributed by atoms with Crippen LogP contribution in [0.1, 0.15) is 32.3 Å². The molecule has 3 rings (SSSR count). The first kappa shape index (κ1) is 32.3. The lowest BCUT2D eigenvalue weighted by molar-refractivity contribution is -0.140. The molecule has 0 radical (unpaired) electrons. The molecule has 0 saturated carbocycles. The van der Waals surface area contributed by atoms with Crippen molar-refractivity contribution in [1.82, 2.24) is 10.2 Å². The monoisotopic (exact) mass is 597 g/mol. The Morgan fingerprint density at radius 3 is 2.10 bits per heavy atom. The van der Waals surface area contributed by atoms with Gasteiger partial charge in [-0.05, 0) is 54.8 Å². The molecule has 2 amide bonds. The van der Waals surface area contributed by atoms with Gasteiger partial charge in [0, 0.05) is 19.2 Å². The van der Waals surface area contributed by atoms with Crippen molar-refractivity contribution in [2.45, 2.75) is 44.2 Å². The lowest BCUT2D eigenvalue weighted by Gasteiger charge is -2.33. The number of benzene rings is 3. The molecule has 0 fully saturated rings. The maximum absolute atomic E-state index is 14.1. The van der Waals surface area contributed by atoms with Gasteiger partial charge >= 0.3 is 0 Å². The number of amides is 2. The third kappa shape index (κ3) is 7.73. The van der Waals surface area contributed by atoms with E-state index < -0.39 is 28.5 Å². The second kappa shape index (κ2) is 15.1. The van der Waals surface area contributed by atoms with Crippen LogP contribution in [0.3, 0.4) is 0 Å². The third-order valence-corrected chi connectivity index (χ3v) is 8.50. The minimum atomic E-state index is -4.20. The van der Waals surface area contributed by atoms with Crippen LogP contribution in [0.5, 0.6) is 17.2 Å². The Morgan fingerprint density at radius 2 is 1.52 bits per heavy atom. The molecule has 0 heterocycles. The summed E-state index contributed by atoms with van der Waals surface area (Å²) in [6, 6.07) is 18.8. The van der Waals surface area contributed by atoms with Crippen molar-refractivity contribution in [3.05, 3.63) is 78.4 Å². The van der Waals surface area contributed by atoms with E-state index in [2.05, 4.69) is 5.32 Å². The van der Waals surface area contributed by atoms with Crippen LogP contribution < -0.4 is 23.8 Å². The number of methoxy groups -OCH3 is 3. The number of hydrogen-bond donors (Lipinski definition) is 1. The fourth-order valence-electron chi connectivity index (χ4n) is 4.44. The quantitative estimate of drug-likeness (QED) is 0.279. The number of ether oxygens (including phenoxy) is 3. The van der Waals surface area contributed by atoms with Gasteiger partial charge < -0.3 is 24.4 Å². The molecule has 3 aromatic carbocycles. The van der Waals surface area contributed by atoms with Crippen molar-refractivity contribution >= 4 is 27.5 Å². The van der Waals surface area contributed by atoms with Crippen molar-refractivity contribution in [2.24, 2.45) is 0 Å². The van der Waals surface area contributed by atoms with Crippen LogP contribution in [0.25, 0.3) is 0 Å². The maximum atomic E-state index is 14.1. The second-order valence-electron chi connectivity index (χ2n) is 9.45. The van der Waals surface area contributed by atoms with Crippen molar-refractivity contribution in [1.29, 1.82) is 0 Å². The van der Waals surface area contributed by atoms with Crippen LogP contribution in [0, 0.1) is 0 Å². The Bertz CT molecular complexity index is 1430. The summed E-state index contributed by atoms with van der Waals surface area (Å²) in [6.07, 6.45) is 1.07. The van der Waals surface area contributed by atoms with E-state index >= 15 is 0 Å². The van der Waals surface area contributed by atoms with Gasteiger partial charge in [-0.3, -0.25) is 13.9 Å². The Morgan fingerprint density at radius 1 is 0.857 bits per heavy atom. The summed E-state index contributed by atoms with van der Waals surface area (Å²) in [5.74, 6) is 0.516. The van der Waals surface area contributed by atoms with E-state index in [9.17, 15) is 18.0 Å². The standard InChI is InChI=1S/C31H39N3O7S/c1-6-19-32-31(36)27(7-2)33(21-23-13-16-25(39-3)17-14-23)30(35)22-34(42(37,38)26-11-9-8-10-12-26)24-15-18-28(40-4)29(20-24)41-5/h8-18,20,27H,6-7,19,21-22H2,1-5H3,(H,32,36)/t27-/m0/s1. The van der Waals surface area contributed by atoms with Crippen molar-refractivity contribution in [2.75, 3.05) is 38.7 Å². The number of nitrogens with one attached hydrogen (secondary N) is 1. The normalized spacial score (nSPS) is 11.7. The molecule has 0 unspecified atom stereocenters. The highest BCUT2D eigenvalue weighted by Crippen LogP contribution is 2.34. The van der Waals surface area contributed by atoms with E-state index in [0.717, 1.165) is 16.3 Å². The fourth-order valence-corrected chi connectivity index (χ4v) is 5.87. The molecule has 0 saturated heterocycles. The summed E-state index contributed by atoms with van der Waals surface area (Å²) < 4.78 is 45.0. The van der Waals surface area contributed by atoms with Gasteiger partial charge in [0.25, 0.3) is 10.0 Å². The third-order valence-electron chi connectivity index (χ3n) is 6.71. The zero-order valence-electron chi connectivity index (χ0n) is 24.7. The molecule has 42 heavy (non-hydrogen) atoms. The van der Waals surface area contributed by atoms with Crippen LogP contribution in [-0.2, 0) is 26.2 Å². The Balaban J connectivity index is 2.09. The summed E-state index contributed by atoms with van der Waals surface area (Å²) in [7, 11) is 0.280. The first-order chi connectivity index (χ1) is 20.2. The Kier molecular flexibility index (Phi) is 11.6. The topological polar surface area (TPSA) is 114 Å². The lowest BCUT2D eigenvalue weighted by atomic mass is 10.1. The largest absolute Gasteiger partial charge is 0.497 e. The average molecular weight is 598 g/mol. The number of carbonyl (C=O) groups excluding carboxylic acids is 2. The number of carbonyl (C=O) groups is 2. The summed E-state index contributed by atoms with van der Waals surface area (Å²) in [4.78, 5) is 28.8. The number of anilines is 1. The highest BCUT2D eigenvalue weighted by atomic mass is 32.2. The summed E-state index contributed by atoms with van der Waals surface area (Å²) in [5, 5.41) is 2.88. The first-order valence-corrected chi connectivity index (χ1v) is 15.1. The molecule has 0 bridgehead atoms. The Hall–Kier alpha value is -4.25. The molecule has 0 spiro atoms. The predicted octanol–water partition coefficient (Wildman–Crippen LogP) is 4.24. The van der Waals surface area contributed by atoms with Crippen LogP contribution in [0.15, 0.2) is 77.7 Å². The molecule has 0 aliphatic heterocycles. The number of sulfonamides is 1. The van der Waals surface area contributed by atoms with Crippen molar-refractivity contribution in [3.63, 3.8) is 0 Å². The summed E-state index contributed by atoms with van der Waals surface area (Å²) >= 11 is 0. The number of nitrogens with zero attached hydrogens (tertiary/aromatic N) is 2. The second-order valence-corrected chi connectivity index (χ2v) is 11.3. The van der Waals surface area contributed by atoms with Gasteiger partial charge in [-0.15, -0.1) is 0 Å². The van der Waals surface area contributed by atoms with Crippen molar-refractivity contribution < 1.29 is 32.2 Å². The molecule has 11 heteroatoms. The van der Waals surface area contributed by atoms with Gasteiger partial charge in [0.15, 0.2) is 11.5 Å². The molecule has 0 aromatic heterocycles. The Labute approximate surface area is 248 Å². The average Bonchev–Trinajstić information content (AvgIpc) is 3.02. The molecule has 3 aromatic rings. The molecule has 10 nitrogen and oxygen atoms in total. The van der Waals surface area contributed by atoms with E-state index in [4.69, 9.17) is 14.2 Å². The highest BCUT2D eigenvalue weighted by molar-refractivity contribution is 7.92. The molecule has 0 aliphatic rings. The maximum Gasteiger partial charge on any atom is 0.264 e. The van der Waals surface area contributed by atoms with Gasteiger partial charge in [-0.1, -0.05) is 44.2 Å². The fraction of sp³-hybridized carbons (Fsp3) is 0.355. The van der Waals surface area contributed by atoms with E-state index in [-0.39, 0.29) is 23.0 Å². The molecule has 0 aliphatic carbocycles. The van der Waals surface area contributed by atoms with Gasteiger partial charge in [-0.2, -0.15) is 0 Å². The number of rotatable bonds is 15. The number of hydrogen-bond acceptors (Lipinski definition) is 7. The minimum absolute atomic E-state index is 0.0158. The van der Waals surface area contributed by atoms with Gasteiger partial charge in [-0.25, -0.2) is 8.42 Å². The van der Waals surface area contributed by atoms with Gasteiger partial charge in [0.1, 0.15) is 18.3 Å². The van der Waals surface area contributed by atoms with Crippen molar-refractivity contribution in [3.8, 4) is 17.2 Å². The first-order valence-electron chi connectivity index (χ1n) is 13.7. The molecular formula is C31H39N3O7S. The molecular weight excluding hydrogens is 558 g/mol. The van der Waals surface area contributed by atoms with E-state index in [1.54, 1.807) is 49.6 Å². The van der Waals surface area contributed by atoms with Crippen LogP contribution in [0.2, 0.25) is 0 Å². The SMILES string of the molecule is CCCNC(=O)[C@H](CC)N(Cc1ccc(OC)cc1)C(=O)CN(c1ccc(OC)c(OC)c1)S(=O)(=O)c1ccccc1. The summed E-state index contributed by atoms with van der Waals surface area (Å²) in [6.45, 7) is 3.75. The van der Waals surface area contributed by atoms with Crippen LogP contribution in [0.4, 0.5) is 5.69 Å². The molecule has 226 valence electrons. The minimum Gasteiger partial charge on any atom is -0.497 e. The van der Waals surface area contributed by atoms with Gasteiger partial charge in [0.05, 0.1) is 31.9 Å². The van der Waals surface area contributed by atoms with Gasteiger partial charge in [0.2, 0.25) is 11.8 Å². The van der Waals surface area contributed by atoms with E-state index in [1.807, 2.05) is 26.0 Å². The molecule has 1 N–H and O–H groups in total. The van der Waals surface area contributed by atoms with E-state index in [0.29, 0.717) is 30.2 Å². The van der Waals surface area contributed by atoms with Crippen LogP contribution >= 0.6 is 0 Å². The lowest BCUT2D eigenvalue weighted by Crippen LogP contribution is -2.52.